The number of hydrogen-bond acceptors (Lipinski definition) is 6. The van der Waals surface area contributed by atoms with Crippen LogP contribution in [0.3, 0.4) is 0 Å². The number of carbonyl (C=O) groups is 2. The summed E-state index contributed by atoms with van der Waals surface area (Å²) in [5.41, 5.74) is 0. The molecule has 0 saturated heterocycles. The summed E-state index contributed by atoms with van der Waals surface area (Å²) in [5.74, 6) is 0.887. The quantitative estimate of drug-likeness (QED) is 0.202. The van der Waals surface area contributed by atoms with Gasteiger partial charge in [0.15, 0.2) is 13.2 Å². The molecule has 0 spiro atoms. The molecule has 0 N–H and O–H groups in total. The maximum Gasteiger partial charge on any atom is 0.349 e. The van der Waals surface area contributed by atoms with Gasteiger partial charge < -0.3 is 18.9 Å². The molecule has 0 heterocycles. The fraction of sp³-hybridized carbons (Fsp3) is 0.0667. The summed E-state index contributed by atoms with van der Waals surface area (Å²) in [6.07, 6.45) is 0. The average Bonchev–Trinajstić information content (AvgIpc) is 2.92. The number of ether oxygens (including phenoxy) is 4. The van der Waals surface area contributed by atoms with E-state index in [0.29, 0.717) is 23.0 Å². The highest BCUT2D eigenvalue weighted by molar-refractivity contribution is 5.91. The second-order valence-corrected chi connectivity index (χ2v) is 7.95. The summed E-state index contributed by atoms with van der Waals surface area (Å²) in [4.78, 5) is 24.6. The summed E-state index contributed by atoms with van der Waals surface area (Å²) in [6, 6.07) is 33.0. The highest BCUT2D eigenvalue weighted by Crippen LogP contribution is 2.26. The first-order valence-electron chi connectivity index (χ1n) is 11.4. The lowest BCUT2D eigenvalue weighted by atomic mass is 10.1. The van der Waals surface area contributed by atoms with Gasteiger partial charge >= 0.3 is 11.9 Å². The van der Waals surface area contributed by atoms with Crippen molar-refractivity contribution in [3.05, 3.63) is 109 Å². The third-order valence-corrected chi connectivity index (χ3v) is 5.48. The van der Waals surface area contributed by atoms with Crippen molar-refractivity contribution in [1.29, 1.82) is 0 Å². The van der Waals surface area contributed by atoms with E-state index in [1.165, 1.54) is 0 Å². The highest BCUT2D eigenvalue weighted by atomic mass is 16.6. The SMILES string of the molecule is O=C(COc1ccc(OCC(=O)Oc2cccc3ccccc23)cc1)Oc1cccc2ccccc12. The molecule has 6 heteroatoms. The molecule has 0 aliphatic carbocycles. The molecule has 5 aromatic rings. The van der Waals surface area contributed by atoms with Gasteiger partial charge in [-0.15, -0.1) is 0 Å². The van der Waals surface area contributed by atoms with E-state index in [0.717, 1.165) is 21.5 Å². The smallest absolute Gasteiger partial charge is 0.349 e. The van der Waals surface area contributed by atoms with Crippen LogP contribution in [0.15, 0.2) is 109 Å². The molecule has 0 fully saturated rings. The van der Waals surface area contributed by atoms with Crippen molar-refractivity contribution >= 4 is 33.5 Å². The van der Waals surface area contributed by atoms with Crippen molar-refractivity contribution < 1.29 is 28.5 Å². The van der Waals surface area contributed by atoms with Gasteiger partial charge in [0.1, 0.15) is 23.0 Å². The van der Waals surface area contributed by atoms with E-state index in [1.54, 1.807) is 36.4 Å². The Morgan fingerprint density at radius 1 is 0.472 bits per heavy atom. The molecule has 178 valence electrons. The Bertz CT molecular complexity index is 1400. The molecule has 0 aliphatic rings. The molecule has 0 bridgehead atoms. The summed E-state index contributed by atoms with van der Waals surface area (Å²) >= 11 is 0. The zero-order valence-corrected chi connectivity index (χ0v) is 19.3. The average molecular weight is 479 g/mol. The summed E-state index contributed by atoms with van der Waals surface area (Å²) < 4.78 is 22.0. The predicted molar refractivity (Wildman–Crippen MR) is 137 cm³/mol. The van der Waals surface area contributed by atoms with Crippen molar-refractivity contribution in [3.8, 4) is 23.0 Å². The molecule has 0 atom stereocenters. The van der Waals surface area contributed by atoms with Crippen LogP contribution in [0, 0.1) is 0 Å². The lowest BCUT2D eigenvalue weighted by molar-refractivity contribution is -0.137. The Morgan fingerprint density at radius 2 is 0.861 bits per heavy atom. The molecule has 5 rings (SSSR count). The van der Waals surface area contributed by atoms with E-state index in [9.17, 15) is 9.59 Å². The second-order valence-electron chi connectivity index (χ2n) is 7.95. The summed E-state index contributed by atoms with van der Waals surface area (Å²) in [5, 5.41) is 3.68. The minimum atomic E-state index is -0.511. The molecule has 0 aromatic heterocycles. The molecule has 0 unspecified atom stereocenters. The molecule has 5 aromatic carbocycles. The van der Waals surface area contributed by atoms with Crippen LogP contribution in [0.1, 0.15) is 0 Å². The first-order valence-corrected chi connectivity index (χ1v) is 11.4. The molecule has 6 nitrogen and oxygen atoms in total. The highest BCUT2D eigenvalue weighted by Gasteiger charge is 2.11. The Hall–Kier alpha value is -4.84. The van der Waals surface area contributed by atoms with E-state index in [1.807, 2.05) is 72.8 Å². The van der Waals surface area contributed by atoms with Crippen LogP contribution < -0.4 is 18.9 Å². The minimum absolute atomic E-state index is 0.249. The van der Waals surface area contributed by atoms with E-state index in [4.69, 9.17) is 18.9 Å². The topological polar surface area (TPSA) is 71.1 Å². The third-order valence-electron chi connectivity index (χ3n) is 5.48. The largest absolute Gasteiger partial charge is 0.482 e. The summed E-state index contributed by atoms with van der Waals surface area (Å²) in [6.45, 7) is -0.498. The van der Waals surface area contributed by atoms with Gasteiger partial charge in [-0.3, -0.25) is 0 Å². The van der Waals surface area contributed by atoms with Crippen LogP contribution in [0.25, 0.3) is 21.5 Å². The van der Waals surface area contributed by atoms with Gasteiger partial charge in [0.2, 0.25) is 0 Å². The standard InChI is InChI=1S/C30H22O6/c31-29(35-27-13-5-9-21-7-1-3-11-25(21)27)19-33-23-15-17-24(18-16-23)34-20-30(32)36-28-14-6-10-22-8-2-4-12-26(22)28/h1-18H,19-20H2. The van der Waals surface area contributed by atoms with Gasteiger partial charge in [0.05, 0.1) is 0 Å². The molecule has 0 radical (unpaired) electrons. The number of esters is 2. The van der Waals surface area contributed by atoms with Crippen molar-refractivity contribution in [1.82, 2.24) is 0 Å². The van der Waals surface area contributed by atoms with Crippen LogP contribution in [0.5, 0.6) is 23.0 Å². The normalized spacial score (nSPS) is 10.7. The Kier molecular flexibility index (Phi) is 6.76. The second kappa shape index (κ2) is 10.6. The van der Waals surface area contributed by atoms with E-state index < -0.39 is 11.9 Å². The van der Waals surface area contributed by atoms with Crippen LogP contribution in [-0.2, 0) is 9.59 Å². The maximum atomic E-state index is 12.3. The third kappa shape index (κ3) is 5.45. The number of hydrogen-bond donors (Lipinski definition) is 0. The van der Waals surface area contributed by atoms with Crippen molar-refractivity contribution in [2.45, 2.75) is 0 Å². The number of carbonyl (C=O) groups excluding carboxylic acids is 2. The predicted octanol–water partition coefficient (Wildman–Crippen LogP) is 5.96. The van der Waals surface area contributed by atoms with Crippen LogP contribution in [0.2, 0.25) is 0 Å². The van der Waals surface area contributed by atoms with Gasteiger partial charge in [-0.25, -0.2) is 9.59 Å². The molecule has 0 amide bonds. The van der Waals surface area contributed by atoms with Crippen LogP contribution in [0.4, 0.5) is 0 Å². The van der Waals surface area contributed by atoms with Gasteiger partial charge in [0.25, 0.3) is 0 Å². The molecular weight excluding hydrogens is 456 g/mol. The van der Waals surface area contributed by atoms with E-state index in [2.05, 4.69) is 0 Å². The minimum Gasteiger partial charge on any atom is -0.482 e. The van der Waals surface area contributed by atoms with Gasteiger partial charge in [-0.05, 0) is 47.2 Å². The maximum absolute atomic E-state index is 12.3. The first kappa shape index (κ1) is 22.9. The number of rotatable bonds is 8. The lowest BCUT2D eigenvalue weighted by Crippen LogP contribution is -2.18. The van der Waals surface area contributed by atoms with Gasteiger partial charge in [-0.2, -0.15) is 0 Å². The Balaban J connectivity index is 1.11. The zero-order valence-electron chi connectivity index (χ0n) is 19.3. The van der Waals surface area contributed by atoms with Crippen molar-refractivity contribution in [2.24, 2.45) is 0 Å². The molecular formula is C30H22O6. The van der Waals surface area contributed by atoms with Crippen LogP contribution >= 0.6 is 0 Å². The summed E-state index contributed by atoms with van der Waals surface area (Å²) in [7, 11) is 0. The first-order chi connectivity index (χ1) is 17.7. The van der Waals surface area contributed by atoms with Crippen molar-refractivity contribution in [3.63, 3.8) is 0 Å². The Morgan fingerprint density at radius 3 is 1.31 bits per heavy atom. The fourth-order valence-corrected chi connectivity index (χ4v) is 3.79. The monoisotopic (exact) mass is 478 g/mol. The van der Waals surface area contributed by atoms with E-state index >= 15 is 0 Å². The lowest BCUT2D eigenvalue weighted by Gasteiger charge is -2.10. The Labute approximate surface area is 207 Å². The zero-order chi connectivity index (χ0) is 24.7. The van der Waals surface area contributed by atoms with E-state index in [-0.39, 0.29) is 13.2 Å². The fourth-order valence-electron chi connectivity index (χ4n) is 3.79. The number of fused-ring (bicyclic) bond motifs is 2. The molecule has 0 saturated carbocycles. The van der Waals surface area contributed by atoms with Crippen molar-refractivity contribution in [2.75, 3.05) is 13.2 Å². The van der Waals surface area contributed by atoms with Gasteiger partial charge in [0, 0.05) is 10.8 Å². The number of benzene rings is 5. The molecule has 0 aliphatic heterocycles. The molecule has 36 heavy (non-hydrogen) atoms. The van der Waals surface area contributed by atoms with Gasteiger partial charge in [-0.1, -0.05) is 72.8 Å². The van der Waals surface area contributed by atoms with Crippen LogP contribution in [-0.4, -0.2) is 25.2 Å².